The molecule has 68 heavy (non-hydrogen) atoms. The molecular formula is C58H104NO8P. The summed E-state index contributed by atoms with van der Waals surface area (Å²) >= 11 is 0. The molecule has 0 amide bonds. The van der Waals surface area contributed by atoms with Crippen molar-refractivity contribution in [2.75, 3.05) is 47.5 Å². The Morgan fingerprint density at radius 2 is 0.838 bits per heavy atom. The standard InChI is InChI=1S/C58H104NO8P/c1-6-8-10-12-14-16-18-20-22-24-26-28-29-31-33-35-37-39-41-43-45-47-49-51-58(61)67-56(55-66-68(62,63)65-53-52-59(3,4)5)54-64-57(60)50-48-46-44-42-40-38-36-34-32-30-27-25-23-21-19-17-15-13-11-9-7-2/h8,10,14,16,20,22,26,28,31,33,37,39,56H,6-7,9,11-13,15,17-19,21,23-25,27,29-30,32,34-36,38,40-55H2,1-5H3/b10-8-,16-14-,22-20-,28-26-,33-31-,39-37-. The lowest BCUT2D eigenvalue weighted by Crippen LogP contribution is -2.37. The molecule has 0 spiro atoms. The van der Waals surface area contributed by atoms with Gasteiger partial charge < -0.3 is 27.9 Å². The van der Waals surface area contributed by atoms with Crippen molar-refractivity contribution in [3.8, 4) is 0 Å². The first kappa shape index (κ1) is 65.5. The van der Waals surface area contributed by atoms with E-state index in [0.29, 0.717) is 17.4 Å². The summed E-state index contributed by atoms with van der Waals surface area (Å²) in [5.74, 6) is -0.858. The Kier molecular flexibility index (Phi) is 47.6. The molecule has 10 heteroatoms. The number of unbranched alkanes of at least 4 members (excludes halogenated alkanes) is 24. The number of esters is 2. The Morgan fingerprint density at radius 3 is 1.25 bits per heavy atom. The smallest absolute Gasteiger partial charge is 0.306 e. The zero-order chi connectivity index (χ0) is 49.9. The number of ether oxygens (including phenoxy) is 2. The minimum absolute atomic E-state index is 0.0384. The van der Waals surface area contributed by atoms with Gasteiger partial charge in [0.25, 0.3) is 7.82 Å². The van der Waals surface area contributed by atoms with Crippen LogP contribution in [0.2, 0.25) is 0 Å². The number of carbonyl (C=O) groups excluding carboxylic acids is 2. The molecule has 0 radical (unpaired) electrons. The zero-order valence-corrected chi connectivity index (χ0v) is 45.4. The van der Waals surface area contributed by atoms with Crippen molar-refractivity contribution >= 4 is 19.8 Å². The molecule has 0 aliphatic heterocycles. The van der Waals surface area contributed by atoms with E-state index in [2.05, 4.69) is 86.8 Å². The summed E-state index contributed by atoms with van der Waals surface area (Å²) in [5, 5.41) is 0. The largest absolute Gasteiger partial charge is 0.756 e. The molecular weight excluding hydrogens is 870 g/mol. The number of phosphoric acid groups is 1. The Hall–Kier alpha value is -2.55. The molecule has 0 saturated heterocycles. The van der Waals surface area contributed by atoms with Crippen LogP contribution in [0.3, 0.4) is 0 Å². The van der Waals surface area contributed by atoms with Crippen LogP contribution in [0, 0.1) is 0 Å². The van der Waals surface area contributed by atoms with E-state index in [0.717, 1.165) is 83.5 Å². The number of carbonyl (C=O) groups is 2. The normalized spacial score (nSPS) is 13.9. The van der Waals surface area contributed by atoms with Gasteiger partial charge in [0.05, 0.1) is 27.7 Å². The zero-order valence-electron chi connectivity index (χ0n) is 44.5. The minimum Gasteiger partial charge on any atom is -0.756 e. The van der Waals surface area contributed by atoms with Gasteiger partial charge in [0.2, 0.25) is 0 Å². The third-order valence-corrected chi connectivity index (χ3v) is 12.7. The first-order valence-electron chi connectivity index (χ1n) is 27.6. The van der Waals surface area contributed by atoms with E-state index in [1.807, 2.05) is 21.1 Å². The monoisotopic (exact) mass is 974 g/mol. The van der Waals surface area contributed by atoms with Crippen LogP contribution in [0.5, 0.6) is 0 Å². The third kappa shape index (κ3) is 52.8. The highest BCUT2D eigenvalue weighted by atomic mass is 31.2. The van der Waals surface area contributed by atoms with Crippen LogP contribution in [-0.2, 0) is 32.7 Å². The molecule has 0 aliphatic carbocycles. The van der Waals surface area contributed by atoms with E-state index in [9.17, 15) is 19.0 Å². The molecule has 0 heterocycles. The third-order valence-electron chi connectivity index (χ3n) is 11.7. The van der Waals surface area contributed by atoms with Gasteiger partial charge in [-0.1, -0.05) is 228 Å². The van der Waals surface area contributed by atoms with Crippen molar-refractivity contribution in [2.24, 2.45) is 0 Å². The number of hydrogen-bond acceptors (Lipinski definition) is 8. The van der Waals surface area contributed by atoms with Crippen molar-refractivity contribution in [1.82, 2.24) is 0 Å². The Bertz CT molecular complexity index is 1380. The predicted octanol–water partition coefficient (Wildman–Crippen LogP) is 16.3. The van der Waals surface area contributed by atoms with E-state index in [4.69, 9.17) is 18.5 Å². The maximum Gasteiger partial charge on any atom is 0.306 e. The number of rotatable bonds is 50. The van der Waals surface area contributed by atoms with Gasteiger partial charge in [-0.3, -0.25) is 14.2 Å². The van der Waals surface area contributed by atoms with Crippen LogP contribution >= 0.6 is 7.82 Å². The number of hydrogen-bond donors (Lipinski definition) is 0. The molecule has 0 aromatic carbocycles. The van der Waals surface area contributed by atoms with Crippen molar-refractivity contribution in [3.63, 3.8) is 0 Å². The van der Waals surface area contributed by atoms with Crippen LogP contribution in [0.25, 0.3) is 0 Å². The van der Waals surface area contributed by atoms with Gasteiger partial charge >= 0.3 is 11.9 Å². The van der Waals surface area contributed by atoms with Crippen molar-refractivity contribution in [2.45, 2.75) is 238 Å². The van der Waals surface area contributed by atoms with Crippen LogP contribution < -0.4 is 4.89 Å². The quantitative estimate of drug-likeness (QED) is 0.0195. The minimum atomic E-state index is -4.64. The average Bonchev–Trinajstić information content (AvgIpc) is 3.30. The summed E-state index contributed by atoms with van der Waals surface area (Å²) in [7, 11) is 1.14. The van der Waals surface area contributed by atoms with Gasteiger partial charge in [0.1, 0.15) is 19.8 Å². The number of nitrogens with zero attached hydrogens (tertiary/aromatic N) is 1. The van der Waals surface area contributed by atoms with Gasteiger partial charge in [-0.25, -0.2) is 0 Å². The van der Waals surface area contributed by atoms with E-state index in [-0.39, 0.29) is 32.0 Å². The van der Waals surface area contributed by atoms with E-state index in [1.165, 1.54) is 116 Å². The van der Waals surface area contributed by atoms with Gasteiger partial charge in [-0.2, -0.15) is 0 Å². The lowest BCUT2D eigenvalue weighted by Gasteiger charge is -2.28. The summed E-state index contributed by atoms with van der Waals surface area (Å²) in [4.78, 5) is 37.8. The second kappa shape index (κ2) is 49.4. The summed E-state index contributed by atoms with van der Waals surface area (Å²) < 4.78 is 34.1. The molecule has 0 fully saturated rings. The first-order chi connectivity index (χ1) is 33.0. The molecule has 394 valence electrons. The highest BCUT2D eigenvalue weighted by Crippen LogP contribution is 2.38. The molecule has 0 rings (SSSR count). The average molecular weight is 974 g/mol. The molecule has 0 aromatic rings. The fourth-order valence-electron chi connectivity index (χ4n) is 7.48. The predicted molar refractivity (Wildman–Crippen MR) is 286 cm³/mol. The molecule has 0 saturated carbocycles. The van der Waals surface area contributed by atoms with Gasteiger partial charge in [-0.15, -0.1) is 0 Å². The fourth-order valence-corrected chi connectivity index (χ4v) is 8.21. The van der Waals surface area contributed by atoms with Crippen LogP contribution in [0.4, 0.5) is 0 Å². The van der Waals surface area contributed by atoms with E-state index >= 15 is 0 Å². The SMILES string of the molecule is CC/C=C\C/C=C\C/C=C\C/C=C\C/C=C\C/C=C\CCCCCCC(=O)OC(COC(=O)CCCCCCCCCCCCCCCCCCCCCCC)COP(=O)([O-])OCC[N+](C)(C)C. The Labute approximate surface area is 418 Å². The van der Waals surface area contributed by atoms with Gasteiger partial charge in [0.15, 0.2) is 6.10 Å². The van der Waals surface area contributed by atoms with Crippen molar-refractivity contribution < 1.29 is 42.1 Å². The summed E-state index contributed by atoms with van der Waals surface area (Å²) in [5.41, 5.74) is 0. The number of phosphoric ester groups is 1. The van der Waals surface area contributed by atoms with E-state index < -0.39 is 26.5 Å². The van der Waals surface area contributed by atoms with Gasteiger partial charge in [0, 0.05) is 12.8 Å². The summed E-state index contributed by atoms with van der Waals surface area (Å²) in [6.45, 7) is 4.11. The molecule has 2 atom stereocenters. The summed E-state index contributed by atoms with van der Waals surface area (Å²) in [6, 6.07) is 0. The molecule has 2 unspecified atom stereocenters. The number of likely N-dealkylation sites (N-methyl/N-ethyl adjacent to an activating group) is 1. The van der Waals surface area contributed by atoms with E-state index in [1.54, 1.807) is 0 Å². The second-order valence-corrected chi connectivity index (χ2v) is 21.0. The lowest BCUT2D eigenvalue weighted by molar-refractivity contribution is -0.870. The van der Waals surface area contributed by atoms with Crippen molar-refractivity contribution in [1.29, 1.82) is 0 Å². The molecule has 0 N–H and O–H groups in total. The highest BCUT2D eigenvalue weighted by Gasteiger charge is 2.21. The number of allylic oxidation sites excluding steroid dienone is 12. The van der Waals surface area contributed by atoms with Crippen LogP contribution in [0.1, 0.15) is 232 Å². The maximum atomic E-state index is 12.8. The Morgan fingerprint density at radius 1 is 0.471 bits per heavy atom. The second-order valence-electron chi connectivity index (χ2n) is 19.6. The maximum absolute atomic E-state index is 12.8. The lowest BCUT2D eigenvalue weighted by atomic mass is 10.0. The fraction of sp³-hybridized carbons (Fsp3) is 0.759. The van der Waals surface area contributed by atoms with Crippen LogP contribution in [-0.4, -0.2) is 70.0 Å². The van der Waals surface area contributed by atoms with Gasteiger partial charge in [-0.05, 0) is 64.2 Å². The highest BCUT2D eigenvalue weighted by molar-refractivity contribution is 7.45. The molecule has 0 aromatic heterocycles. The molecule has 9 nitrogen and oxygen atoms in total. The first-order valence-corrected chi connectivity index (χ1v) is 29.1. The van der Waals surface area contributed by atoms with Crippen LogP contribution in [0.15, 0.2) is 72.9 Å². The van der Waals surface area contributed by atoms with Crippen molar-refractivity contribution in [3.05, 3.63) is 72.9 Å². The number of quaternary nitrogens is 1. The topological polar surface area (TPSA) is 111 Å². The summed E-state index contributed by atoms with van der Waals surface area (Å²) in [6.07, 6.45) is 63.7. The molecule has 0 aliphatic rings. The Balaban J connectivity index is 4.26. The molecule has 0 bridgehead atoms.